The van der Waals surface area contributed by atoms with Gasteiger partial charge >= 0.3 is 0 Å². The summed E-state index contributed by atoms with van der Waals surface area (Å²) in [5.74, 6) is 0.427. The van der Waals surface area contributed by atoms with Crippen LogP contribution in [0.3, 0.4) is 0 Å². The molecule has 8 nitrogen and oxygen atoms in total. The van der Waals surface area contributed by atoms with Crippen molar-refractivity contribution in [2.75, 3.05) is 5.32 Å². The maximum atomic E-state index is 13.0. The molecule has 0 spiro atoms. The zero-order chi connectivity index (χ0) is 20.5. The summed E-state index contributed by atoms with van der Waals surface area (Å²) >= 11 is 1.21. The summed E-state index contributed by atoms with van der Waals surface area (Å²) in [7, 11) is 0. The summed E-state index contributed by atoms with van der Waals surface area (Å²) in [6, 6.07) is 13.6. The first-order valence-electron chi connectivity index (χ1n) is 9.38. The maximum absolute atomic E-state index is 13.0. The molecule has 9 heteroatoms. The summed E-state index contributed by atoms with van der Waals surface area (Å²) in [6.07, 6.45) is 6.62. The molecule has 0 radical (unpaired) electrons. The highest BCUT2D eigenvalue weighted by Crippen LogP contribution is 2.47. The van der Waals surface area contributed by atoms with Gasteiger partial charge in [0.05, 0.1) is 30.0 Å². The van der Waals surface area contributed by atoms with Gasteiger partial charge in [0.1, 0.15) is 16.5 Å². The van der Waals surface area contributed by atoms with Crippen LogP contribution in [0.4, 0.5) is 5.69 Å². The Hall–Kier alpha value is -3.90. The van der Waals surface area contributed by atoms with E-state index in [2.05, 4.69) is 30.9 Å². The fraction of sp³-hybridized carbons (Fsp3) is 0.143. The number of nitrogens with one attached hydrogen (secondary N) is 1. The van der Waals surface area contributed by atoms with Crippen LogP contribution >= 0.6 is 11.5 Å². The van der Waals surface area contributed by atoms with Gasteiger partial charge in [-0.1, -0.05) is 30.3 Å². The van der Waals surface area contributed by atoms with E-state index >= 15 is 0 Å². The number of pyridine rings is 1. The van der Waals surface area contributed by atoms with Gasteiger partial charge in [-0.25, -0.2) is 4.98 Å². The van der Waals surface area contributed by atoms with Gasteiger partial charge in [0, 0.05) is 11.1 Å². The second-order valence-electron chi connectivity index (χ2n) is 6.89. The van der Waals surface area contributed by atoms with Gasteiger partial charge in [-0.15, -0.1) is 4.80 Å². The summed E-state index contributed by atoms with van der Waals surface area (Å²) in [4.78, 5) is 19.2. The number of nitrogens with zero attached hydrogens (tertiary/aromatic N) is 6. The van der Waals surface area contributed by atoms with Gasteiger partial charge in [0.15, 0.2) is 5.82 Å². The molecule has 4 aromatic rings. The smallest absolute Gasteiger partial charge is 0.267 e. The van der Waals surface area contributed by atoms with Crippen LogP contribution in [0.15, 0.2) is 55.0 Å². The lowest BCUT2D eigenvalue weighted by atomic mass is 10.0. The van der Waals surface area contributed by atoms with E-state index in [1.807, 2.05) is 30.3 Å². The number of benzene rings is 1. The minimum atomic E-state index is -0.243. The van der Waals surface area contributed by atoms with Crippen molar-refractivity contribution in [2.45, 2.75) is 18.8 Å². The lowest BCUT2D eigenvalue weighted by molar-refractivity contribution is 0.102. The number of hydrogen-bond acceptors (Lipinski definition) is 7. The average Bonchev–Trinajstić information content (AvgIpc) is 3.28. The molecule has 146 valence electrons. The van der Waals surface area contributed by atoms with Gasteiger partial charge in [0.2, 0.25) is 0 Å². The maximum Gasteiger partial charge on any atom is 0.267 e. The molecule has 0 aliphatic heterocycles. The number of hydrogen-bond donors (Lipinski definition) is 1. The van der Waals surface area contributed by atoms with E-state index in [-0.39, 0.29) is 11.5 Å². The molecule has 0 bridgehead atoms. The Morgan fingerprint density at radius 3 is 2.67 bits per heavy atom. The minimum absolute atomic E-state index is 0.243. The number of carbonyl (C=O) groups excluding carboxylic acids is 1. The van der Waals surface area contributed by atoms with Gasteiger partial charge in [-0.3, -0.25) is 4.79 Å². The number of amides is 1. The van der Waals surface area contributed by atoms with E-state index in [1.54, 1.807) is 6.07 Å². The molecule has 0 saturated heterocycles. The van der Waals surface area contributed by atoms with Crippen LogP contribution in [-0.4, -0.2) is 30.3 Å². The molecule has 1 aliphatic rings. The third-order valence-corrected chi connectivity index (χ3v) is 5.68. The molecular weight excluding hydrogens is 398 g/mol. The molecule has 0 atom stereocenters. The Kier molecular flexibility index (Phi) is 4.53. The molecule has 3 aromatic heterocycles. The number of nitriles is 1. The van der Waals surface area contributed by atoms with Crippen LogP contribution < -0.4 is 5.32 Å². The average molecular weight is 413 g/mol. The second-order valence-corrected chi connectivity index (χ2v) is 7.67. The monoisotopic (exact) mass is 413 g/mol. The number of aromatic nitrogens is 5. The predicted molar refractivity (Wildman–Crippen MR) is 111 cm³/mol. The van der Waals surface area contributed by atoms with E-state index in [4.69, 9.17) is 0 Å². The fourth-order valence-corrected chi connectivity index (χ4v) is 4.18. The summed E-state index contributed by atoms with van der Waals surface area (Å²) in [5, 5.41) is 20.3. The lowest BCUT2D eigenvalue weighted by Crippen LogP contribution is -2.13. The SMILES string of the molecule is N#Cc1cc(NC(=O)c2snc(-c3ccccc3)c2C2CC2)cnc1-n1nccn1. The van der Waals surface area contributed by atoms with Crippen LogP contribution in [0.25, 0.3) is 17.1 Å². The normalized spacial score (nSPS) is 13.0. The van der Waals surface area contributed by atoms with Crippen LogP contribution in [-0.2, 0) is 0 Å². The molecule has 1 saturated carbocycles. The van der Waals surface area contributed by atoms with E-state index in [0.29, 0.717) is 22.3 Å². The van der Waals surface area contributed by atoms with Crippen molar-refractivity contribution in [3.63, 3.8) is 0 Å². The Bertz CT molecular complexity index is 1250. The Labute approximate surface area is 176 Å². The van der Waals surface area contributed by atoms with Crippen LogP contribution in [0.1, 0.15) is 39.6 Å². The second kappa shape index (κ2) is 7.50. The third-order valence-electron chi connectivity index (χ3n) is 4.82. The largest absolute Gasteiger partial charge is 0.320 e. The van der Waals surface area contributed by atoms with Crippen molar-refractivity contribution < 1.29 is 4.79 Å². The molecule has 30 heavy (non-hydrogen) atoms. The zero-order valence-electron chi connectivity index (χ0n) is 15.7. The van der Waals surface area contributed by atoms with Gasteiger partial charge in [-0.2, -0.15) is 19.8 Å². The van der Waals surface area contributed by atoms with Crippen LogP contribution in [0, 0.1) is 11.3 Å². The Morgan fingerprint density at radius 2 is 1.97 bits per heavy atom. The fourth-order valence-electron chi connectivity index (χ4n) is 3.30. The van der Waals surface area contributed by atoms with Gasteiger partial charge < -0.3 is 5.32 Å². The molecule has 5 rings (SSSR count). The third kappa shape index (κ3) is 3.33. The Balaban J connectivity index is 1.45. The zero-order valence-corrected chi connectivity index (χ0v) is 16.5. The van der Waals surface area contributed by atoms with Gasteiger partial charge in [0.25, 0.3) is 5.91 Å². The molecule has 1 N–H and O–H groups in total. The molecule has 1 aliphatic carbocycles. The highest BCUT2D eigenvalue weighted by atomic mass is 32.1. The minimum Gasteiger partial charge on any atom is -0.320 e. The first-order chi connectivity index (χ1) is 14.7. The van der Waals surface area contributed by atoms with Gasteiger partial charge in [-0.05, 0) is 36.4 Å². The first kappa shape index (κ1) is 18.1. The molecule has 3 heterocycles. The standard InChI is InChI=1S/C21H15N7OS/c22-11-15-10-16(12-23-20(15)28-24-8-9-25-28)26-21(29)19-17(13-6-7-13)18(27-30-19)14-4-2-1-3-5-14/h1-5,8-10,12-13H,6-7H2,(H,26,29). The predicted octanol–water partition coefficient (Wildman–Crippen LogP) is 3.79. The van der Waals surface area contributed by atoms with Crippen molar-refractivity contribution in [2.24, 2.45) is 0 Å². The van der Waals surface area contributed by atoms with E-state index in [1.165, 1.54) is 34.9 Å². The van der Waals surface area contributed by atoms with Crippen LogP contribution in [0.2, 0.25) is 0 Å². The highest BCUT2D eigenvalue weighted by molar-refractivity contribution is 7.08. The van der Waals surface area contributed by atoms with E-state index < -0.39 is 0 Å². The molecule has 1 aromatic carbocycles. The van der Waals surface area contributed by atoms with E-state index in [0.717, 1.165) is 29.7 Å². The van der Waals surface area contributed by atoms with Crippen molar-refractivity contribution in [1.82, 2.24) is 24.4 Å². The molecule has 0 unspecified atom stereocenters. The summed E-state index contributed by atoms with van der Waals surface area (Å²) in [5.41, 5.74) is 3.60. The number of rotatable bonds is 5. The van der Waals surface area contributed by atoms with Crippen molar-refractivity contribution in [3.8, 4) is 23.1 Å². The lowest BCUT2D eigenvalue weighted by Gasteiger charge is -2.08. The summed E-state index contributed by atoms with van der Waals surface area (Å²) in [6.45, 7) is 0. The summed E-state index contributed by atoms with van der Waals surface area (Å²) < 4.78 is 4.58. The van der Waals surface area contributed by atoms with Crippen LogP contribution in [0.5, 0.6) is 0 Å². The van der Waals surface area contributed by atoms with Crippen molar-refractivity contribution in [1.29, 1.82) is 5.26 Å². The molecular formula is C21H15N7OS. The molecule has 1 fully saturated rings. The number of carbonyl (C=O) groups is 1. The quantitative estimate of drug-likeness (QED) is 0.533. The van der Waals surface area contributed by atoms with Crippen molar-refractivity contribution >= 4 is 23.1 Å². The Morgan fingerprint density at radius 1 is 1.20 bits per heavy atom. The first-order valence-corrected chi connectivity index (χ1v) is 10.1. The highest BCUT2D eigenvalue weighted by Gasteiger charge is 2.33. The van der Waals surface area contributed by atoms with Crippen molar-refractivity contribution in [3.05, 3.63) is 71.0 Å². The molecule has 1 amide bonds. The number of anilines is 1. The topological polar surface area (TPSA) is 109 Å². The van der Waals surface area contributed by atoms with E-state index in [9.17, 15) is 10.1 Å².